The van der Waals surface area contributed by atoms with E-state index >= 15 is 0 Å². The molecule has 2 unspecified atom stereocenters. The molecule has 0 aromatic carbocycles. The highest BCUT2D eigenvalue weighted by atomic mass is 16.2. The molecule has 1 rings (SSSR count). The fraction of sp³-hybridized carbons (Fsp3) is 0.812. The molecule has 0 aromatic heterocycles. The molecule has 1 heterocycles. The highest BCUT2D eigenvalue weighted by Crippen LogP contribution is 2.22. The maximum absolute atomic E-state index is 11.9. The van der Waals surface area contributed by atoms with Crippen LogP contribution in [0.1, 0.15) is 65.7 Å². The zero-order valence-electron chi connectivity index (χ0n) is 13.0. The highest BCUT2D eigenvalue weighted by Gasteiger charge is 2.36. The second-order valence-electron chi connectivity index (χ2n) is 5.78. The molecule has 2 atom stereocenters. The zero-order chi connectivity index (χ0) is 15.1. The highest BCUT2D eigenvalue weighted by molar-refractivity contribution is 6.03. The van der Waals surface area contributed by atoms with Crippen molar-refractivity contribution in [3.63, 3.8) is 0 Å². The minimum Gasteiger partial charge on any atom is -0.299 e. The summed E-state index contributed by atoms with van der Waals surface area (Å²) in [5, 5.41) is 0. The molecule has 20 heavy (non-hydrogen) atoms. The van der Waals surface area contributed by atoms with Gasteiger partial charge in [0.25, 0.3) is 0 Å². The number of Topliss-reactive ketones (excluding diaryl/α,β-unsaturated/α-hetero) is 1. The quantitative estimate of drug-likeness (QED) is 0.482. The summed E-state index contributed by atoms with van der Waals surface area (Å²) >= 11 is 0. The molecular weight excluding hydrogens is 254 g/mol. The van der Waals surface area contributed by atoms with E-state index in [2.05, 4.69) is 0 Å². The Hall–Kier alpha value is -1.19. The van der Waals surface area contributed by atoms with E-state index in [1.165, 1.54) is 4.90 Å². The second kappa shape index (κ2) is 8.18. The average Bonchev–Trinajstić information content (AvgIpc) is 2.72. The van der Waals surface area contributed by atoms with E-state index < -0.39 is 0 Å². The number of rotatable bonds is 9. The SMILES string of the molecule is CCC(C)C(=O)CCCCCN1C(=O)CC(CC)C1=O. The Balaban J connectivity index is 2.20. The number of ketones is 1. The third-order valence-corrected chi connectivity index (χ3v) is 4.30. The largest absolute Gasteiger partial charge is 0.299 e. The van der Waals surface area contributed by atoms with E-state index in [1.807, 2.05) is 20.8 Å². The molecular formula is C16H27NO3. The molecule has 0 aliphatic carbocycles. The topological polar surface area (TPSA) is 54.5 Å². The monoisotopic (exact) mass is 281 g/mol. The van der Waals surface area contributed by atoms with Crippen LogP contribution in [0.2, 0.25) is 0 Å². The molecule has 4 nitrogen and oxygen atoms in total. The van der Waals surface area contributed by atoms with Gasteiger partial charge in [0.2, 0.25) is 11.8 Å². The van der Waals surface area contributed by atoms with E-state index in [4.69, 9.17) is 0 Å². The van der Waals surface area contributed by atoms with Crippen LogP contribution in [0.4, 0.5) is 0 Å². The summed E-state index contributed by atoms with van der Waals surface area (Å²) in [6.45, 7) is 6.46. The third-order valence-electron chi connectivity index (χ3n) is 4.30. The van der Waals surface area contributed by atoms with Crippen molar-refractivity contribution in [2.24, 2.45) is 11.8 Å². The fourth-order valence-corrected chi connectivity index (χ4v) is 2.53. The summed E-state index contributed by atoms with van der Waals surface area (Å²) in [5.74, 6) is 0.342. The molecule has 1 saturated heterocycles. The molecule has 1 aliphatic rings. The van der Waals surface area contributed by atoms with Crippen molar-refractivity contribution in [2.75, 3.05) is 6.54 Å². The Morgan fingerprint density at radius 3 is 2.50 bits per heavy atom. The van der Waals surface area contributed by atoms with Crippen LogP contribution in [0.3, 0.4) is 0 Å². The minimum absolute atomic E-state index is 0.00631. The summed E-state index contributed by atoms with van der Waals surface area (Å²) in [5.41, 5.74) is 0. The van der Waals surface area contributed by atoms with E-state index in [-0.39, 0.29) is 23.7 Å². The molecule has 0 aromatic rings. The van der Waals surface area contributed by atoms with Gasteiger partial charge in [0.05, 0.1) is 0 Å². The van der Waals surface area contributed by atoms with Gasteiger partial charge < -0.3 is 0 Å². The summed E-state index contributed by atoms with van der Waals surface area (Å²) in [6, 6.07) is 0. The van der Waals surface area contributed by atoms with Crippen LogP contribution in [0, 0.1) is 11.8 Å². The van der Waals surface area contributed by atoms with Crippen molar-refractivity contribution in [3.8, 4) is 0 Å². The maximum Gasteiger partial charge on any atom is 0.232 e. The number of carbonyl (C=O) groups excluding carboxylic acids is 3. The van der Waals surface area contributed by atoms with Crippen molar-refractivity contribution in [1.29, 1.82) is 0 Å². The smallest absolute Gasteiger partial charge is 0.232 e. The Labute approximate surface area is 121 Å². The van der Waals surface area contributed by atoms with Gasteiger partial charge in [-0.1, -0.05) is 27.2 Å². The summed E-state index contributed by atoms with van der Waals surface area (Å²) in [4.78, 5) is 36.7. The molecule has 0 spiro atoms. The predicted octanol–water partition coefficient (Wildman–Crippen LogP) is 2.95. The van der Waals surface area contributed by atoms with Crippen molar-refractivity contribution in [3.05, 3.63) is 0 Å². The number of nitrogens with zero attached hydrogens (tertiary/aromatic N) is 1. The lowest BCUT2D eigenvalue weighted by Gasteiger charge is -2.14. The zero-order valence-corrected chi connectivity index (χ0v) is 13.0. The summed E-state index contributed by atoms with van der Waals surface area (Å²) in [7, 11) is 0. The van der Waals surface area contributed by atoms with Gasteiger partial charge in [-0.25, -0.2) is 0 Å². The van der Waals surface area contributed by atoms with Crippen LogP contribution in [0.25, 0.3) is 0 Å². The van der Waals surface area contributed by atoms with Gasteiger partial charge in [-0.05, 0) is 25.7 Å². The third kappa shape index (κ3) is 4.43. The van der Waals surface area contributed by atoms with Gasteiger partial charge in [-0.15, -0.1) is 0 Å². The standard InChI is InChI=1S/C16H27NO3/c1-4-12(3)14(18)9-7-6-8-10-17-15(19)11-13(5-2)16(17)20/h12-13H,4-11H2,1-3H3. The average molecular weight is 281 g/mol. The number of hydrogen-bond donors (Lipinski definition) is 0. The lowest BCUT2D eigenvalue weighted by molar-refractivity contribution is -0.139. The molecule has 4 heteroatoms. The Bertz CT molecular complexity index is 365. The lowest BCUT2D eigenvalue weighted by atomic mass is 9.99. The Kier molecular flexibility index (Phi) is 6.89. The van der Waals surface area contributed by atoms with Crippen molar-refractivity contribution in [2.45, 2.75) is 65.7 Å². The molecule has 1 aliphatic heterocycles. The first kappa shape index (κ1) is 16.9. The van der Waals surface area contributed by atoms with Gasteiger partial charge >= 0.3 is 0 Å². The number of unbranched alkanes of at least 4 members (excludes halogenated alkanes) is 2. The van der Waals surface area contributed by atoms with Gasteiger partial charge in [-0.3, -0.25) is 19.3 Å². The molecule has 114 valence electrons. The first-order valence-corrected chi connectivity index (χ1v) is 7.88. The fourth-order valence-electron chi connectivity index (χ4n) is 2.53. The van der Waals surface area contributed by atoms with Crippen LogP contribution in [-0.2, 0) is 14.4 Å². The van der Waals surface area contributed by atoms with Crippen molar-refractivity contribution >= 4 is 17.6 Å². The van der Waals surface area contributed by atoms with Crippen molar-refractivity contribution in [1.82, 2.24) is 4.90 Å². The van der Waals surface area contributed by atoms with Gasteiger partial charge in [-0.2, -0.15) is 0 Å². The number of imide groups is 1. The van der Waals surface area contributed by atoms with E-state index in [0.29, 0.717) is 25.2 Å². The first-order valence-electron chi connectivity index (χ1n) is 7.88. The Morgan fingerprint density at radius 1 is 1.25 bits per heavy atom. The summed E-state index contributed by atoms with van der Waals surface area (Å²) < 4.78 is 0. The lowest BCUT2D eigenvalue weighted by Crippen LogP contribution is -2.31. The number of carbonyl (C=O) groups is 3. The predicted molar refractivity (Wildman–Crippen MR) is 78.0 cm³/mol. The maximum atomic E-state index is 11.9. The van der Waals surface area contributed by atoms with Gasteiger partial charge in [0.15, 0.2) is 0 Å². The van der Waals surface area contributed by atoms with Gasteiger partial charge in [0, 0.05) is 31.2 Å². The molecule has 0 N–H and O–H groups in total. The van der Waals surface area contributed by atoms with Crippen LogP contribution >= 0.6 is 0 Å². The Morgan fingerprint density at radius 2 is 1.95 bits per heavy atom. The van der Waals surface area contributed by atoms with E-state index in [0.717, 1.165) is 32.1 Å². The number of likely N-dealkylation sites (tertiary alicyclic amines) is 1. The van der Waals surface area contributed by atoms with Crippen LogP contribution < -0.4 is 0 Å². The van der Waals surface area contributed by atoms with E-state index in [9.17, 15) is 14.4 Å². The molecule has 0 saturated carbocycles. The van der Waals surface area contributed by atoms with Crippen LogP contribution in [-0.4, -0.2) is 29.0 Å². The number of hydrogen-bond acceptors (Lipinski definition) is 3. The summed E-state index contributed by atoms with van der Waals surface area (Å²) in [6.07, 6.45) is 5.20. The molecule has 0 bridgehead atoms. The van der Waals surface area contributed by atoms with E-state index in [1.54, 1.807) is 0 Å². The second-order valence-corrected chi connectivity index (χ2v) is 5.78. The minimum atomic E-state index is -0.102. The molecule has 2 amide bonds. The van der Waals surface area contributed by atoms with Crippen LogP contribution in [0.15, 0.2) is 0 Å². The molecule has 0 radical (unpaired) electrons. The molecule has 1 fully saturated rings. The first-order chi connectivity index (χ1) is 9.51. The van der Waals surface area contributed by atoms with Gasteiger partial charge in [0.1, 0.15) is 5.78 Å². The normalized spacial score (nSPS) is 20.6. The van der Waals surface area contributed by atoms with Crippen LogP contribution in [0.5, 0.6) is 0 Å². The van der Waals surface area contributed by atoms with Crippen molar-refractivity contribution < 1.29 is 14.4 Å². The number of amides is 2.